The number of esters is 1. The summed E-state index contributed by atoms with van der Waals surface area (Å²) in [6.45, 7) is 9.28. The van der Waals surface area contributed by atoms with Crippen molar-refractivity contribution >= 4 is 18.6 Å². The number of benzene rings is 2. The highest BCUT2D eigenvalue weighted by molar-refractivity contribution is 6.62. The van der Waals surface area contributed by atoms with E-state index in [0.29, 0.717) is 19.8 Å². The molecule has 0 radical (unpaired) electrons. The molecular formula is C25H31BO7. The average Bonchev–Trinajstić information content (AvgIpc) is 2.99. The Bertz CT molecular complexity index is 967. The molecule has 2 saturated heterocycles. The van der Waals surface area contributed by atoms with Crippen molar-refractivity contribution in [3.63, 3.8) is 0 Å². The van der Waals surface area contributed by atoms with Crippen molar-refractivity contribution in [1.29, 1.82) is 0 Å². The number of rotatable bonds is 8. The fourth-order valence-corrected chi connectivity index (χ4v) is 3.71. The minimum absolute atomic E-state index is 0.114. The van der Waals surface area contributed by atoms with E-state index in [9.17, 15) is 4.79 Å². The van der Waals surface area contributed by atoms with E-state index in [-0.39, 0.29) is 17.8 Å². The third kappa shape index (κ3) is 4.94. The number of carbonyl (C=O) groups excluding carboxylic acids is 1. The molecule has 0 saturated carbocycles. The van der Waals surface area contributed by atoms with Crippen LogP contribution in [0.4, 0.5) is 0 Å². The van der Waals surface area contributed by atoms with Crippen molar-refractivity contribution in [2.24, 2.45) is 0 Å². The Hall–Kier alpha value is -2.39. The lowest BCUT2D eigenvalue weighted by Crippen LogP contribution is -2.49. The SMILES string of the molecule is COC(=O)COC1(c2ccc(OCc3cccc(B4OC(C)(C)C(C)(C)O4)c3)cc2)COC1. The highest BCUT2D eigenvalue weighted by Crippen LogP contribution is 2.37. The number of hydrogen-bond donors (Lipinski definition) is 0. The van der Waals surface area contributed by atoms with Crippen LogP contribution in [0.15, 0.2) is 48.5 Å². The second-order valence-corrected chi connectivity index (χ2v) is 9.50. The van der Waals surface area contributed by atoms with Crippen molar-refractivity contribution < 1.29 is 33.1 Å². The zero-order valence-electron chi connectivity index (χ0n) is 19.9. The highest BCUT2D eigenvalue weighted by Gasteiger charge is 2.51. The molecular weight excluding hydrogens is 423 g/mol. The normalized spacial score (nSPS) is 20.2. The summed E-state index contributed by atoms with van der Waals surface area (Å²) in [5, 5.41) is 0. The molecule has 2 fully saturated rings. The van der Waals surface area contributed by atoms with Crippen LogP contribution in [0.25, 0.3) is 0 Å². The molecule has 2 aliphatic rings. The molecule has 0 atom stereocenters. The summed E-state index contributed by atoms with van der Waals surface area (Å²) in [4.78, 5) is 11.5. The van der Waals surface area contributed by atoms with Crippen LogP contribution in [0, 0.1) is 0 Å². The van der Waals surface area contributed by atoms with E-state index >= 15 is 0 Å². The second-order valence-electron chi connectivity index (χ2n) is 9.50. The highest BCUT2D eigenvalue weighted by atomic mass is 16.7. The van der Waals surface area contributed by atoms with E-state index in [4.69, 9.17) is 23.5 Å². The van der Waals surface area contributed by atoms with Gasteiger partial charge in [0.1, 0.15) is 24.6 Å². The van der Waals surface area contributed by atoms with Gasteiger partial charge in [-0.15, -0.1) is 0 Å². The van der Waals surface area contributed by atoms with Gasteiger partial charge in [0, 0.05) is 0 Å². The number of ether oxygens (including phenoxy) is 4. The first-order valence-electron chi connectivity index (χ1n) is 11.1. The smallest absolute Gasteiger partial charge is 0.489 e. The van der Waals surface area contributed by atoms with Gasteiger partial charge in [0.25, 0.3) is 0 Å². The summed E-state index contributed by atoms with van der Waals surface area (Å²) < 4.78 is 34.1. The van der Waals surface area contributed by atoms with E-state index in [2.05, 4.69) is 10.8 Å². The molecule has 0 bridgehead atoms. The van der Waals surface area contributed by atoms with E-state index in [1.165, 1.54) is 7.11 Å². The Kier molecular flexibility index (Phi) is 6.55. The summed E-state index contributed by atoms with van der Waals surface area (Å²) in [5.74, 6) is 0.326. The molecule has 2 heterocycles. The summed E-state index contributed by atoms with van der Waals surface area (Å²) in [6.07, 6.45) is 0. The molecule has 2 aromatic carbocycles. The van der Waals surface area contributed by atoms with Gasteiger partial charge in [-0.1, -0.05) is 36.4 Å². The molecule has 0 aliphatic carbocycles. The van der Waals surface area contributed by atoms with Crippen molar-refractivity contribution in [3.05, 3.63) is 59.7 Å². The topological polar surface area (TPSA) is 72.5 Å². The van der Waals surface area contributed by atoms with Crippen LogP contribution in [-0.2, 0) is 40.5 Å². The maximum absolute atomic E-state index is 11.5. The number of carbonyl (C=O) groups is 1. The quantitative estimate of drug-likeness (QED) is 0.449. The molecule has 8 heteroatoms. The van der Waals surface area contributed by atoms with E-state index < -0.39 is 18.7 Å². The van der Waals surface area contributed by atoms with Gasteiger partial charge in [-0.25, -0.2) is 4.79 Å². The van der Waals surface area contributed by atoms with Crippen molar-refractivity contribution in [2.75, 3.05) is 26.9 Å². The van der Waals surface area contributed by atoms with Crippen LogP contribution in [0.3, 0.4) is 0 Å². The third-order valence-electron chi connectivity index (χ3n) is 6.63. The van der Waals surface area contributed by atoms with Gasteiger partial charge in [0.2, 0.25) is 0 Å². The summed E-state index contributed by atoms with van der Waals surface area (Å²) in [6, 6.07) is 15.7. The standard InChI is InChI=1S/C25H31BO7/c1-23(2)24(3,4)33-26(32-23)20-8-6-7-18(13-20)14-30-21-11-9-19(10-12-21)25(16-29-17-25)31-15-22(27)28-5/h6-13H,14-17H2,1-5H3. The van der Waals surface area contributed by atoms with Crippen LogP contribution in [-0.4, -0.2) is 51.2 Å². The van der Waals surface area contributed by atoms with E-state index in [1.54, 1.807) is 0 Å². The lowest BCUT2D eigenvalue weighted by atomic mass is 9.78. The van der Waals surface area contributed by atoms with Crippen LogP contribution in [0.1, 0.15) is 38.8 Å². The zero-order valence-corrected chi connectivity index (χ0v) is 19.9. The summed E-state index contributed by atoms with van der Waals surface area (Å²) >= 11 is 0. The van der Waals surface area contributed by atoms with Gasteiger partial charge >= 0.3 is 13.1 Å². The molecule has 0 N–H and O–H groups in total. The van der Waals surface area contributed by atoms with Gasteiger partial charge in [-0.3, -0.25) is 0 Å². The Morgan fingerprint density at radius 3 is 2.24 bits per heavy atom. The Morgan fingerprint density at radius 1 is 1.00 bits per heavy atom. The molecule has 7 nitrogen and oxygen atoms in total. The van der Waals surface area contributed by atoms with Gasteiger partial charge in [0.05, 0.1) is 31.5 Å². The zero-order chi connectivity index (χ0) is 23.7. The third-order valence-corrected chi connectivity index (χ3v) is 6.63. The molecule has 0 unspecified atom stereocenters. The fourth-order valence-electron chi connectivity index (χ4n) is 3.71. The minimum atomic E-state index is -0.621. The first-order valence-corrected chi connectivity index (χ1v) is 11.1. The number of methoxy groups -OCH3 is 1. The maximum atomic E-state index is 11.5. The Morgan fingerprint density at radius 2 is 1.67 bits per heavy atom. The Labute approximate surface area is 195 Å². The fraction of sp³-hybridized carbons (Fsp3) is 0.480. The maximum Gasteiger partial charge on any atom is 0.494 e. The van der Waals surface area contributed by atoms with Crippen LogP contribution >= 0.6 is 0 Å². The van der Waals surface area contributed by atoms with Crippen molar-refractivity contribution in [1.82, 2.24) is 0 Å². The first kappa shape index (κ1) is 23.8. The van der Waals surface area contributed by atoms with Crippen molar-refractivity contribution in [3.8, 4) is 5.75 Å². The molecule has 176 valence electrons. The molecule has 0 amide bonds. The van der Waals surface area contributed by atoms with Gasteiger partial charge in [0.15, 0.2) is 0 Å². The minimum Gasteiger partial charge on any atom is -0.489 e. The monoisotopic (exact) mass is 454 g/mol. The van der Waals surface area contributed by atoms with E-state index in [0.717, 1.165) is 22.3 Å². The molecule has 4 rings (SSSR count). The molecule has 0 aromatic heterocycles. The largest absolute Gasteiger partial charge is 0.494 e. The molecule has 2 aliphatic heterocycles. The first-order chi connectivity index (χ1) is 15.6. The summed E-state index contributed by atoms with van der Waals surface area (Å²) in [7, 11) is 0.937. The predicted molar refractivity (Wildman–Crippen MR) is 123 cm³/mol. The van der Waals surface area contributed by atoms with Crippen molar-refractivity contribution in [2.45, 2.75) is 51.1 Å². The van der Waals surface area contributed by atoms with E-state index in [1.807, 2.05) is 70.2 Å². The van der Waals surface area contributed by atoms with Gasteiger partial charge < -0.3 is 28.3 Å². The van der Waals surface area contributed by atoms with Crippen LogP contribution in [0.5, 0.6) is 5.75 Å². The Balaban J connectivity index is 1.37. The molecule has 2 aromatic rings. The average molecular weight is 454 g/mol. The number of hydrogen-bond acceptors (Lipinski definition) is 7. The lowest BCUT2D eigenvalue weighted by Gasteiger charge is -2.41. The summed E-state index contributed by atoms with van der Waals surface area (Å²) in [5.41, 5.74) is 1.55. The predicted octanol–water partition coefficient (Wildman–Crippen LogP) is 2.98. The van der Waals surface area contributed by atoms with Gasteiger partial charge in [-0.05, 0) is 56.4 Å². The van der Waals surface area contributed by atoms with Crippen LogP contribution in [0.2, 0.25) is 0 Å². The molecule has 0 spiro atoms. The second kappa shape index (κ2) is 9.10. The van der Waals surface area contributed by atoms with Gasteiger partial charge in [-0.2, -0.15) is 0 Å². The lowest BCUT2D eigenvalue weighted by molar-refractivity contribution is -0.220. The van der Waals surface area contributed by atoms with Crippen LogP contribution < -0.4 is 10.2 Å². The molecule has 33 heavy (non-hydrogen) atoms.